The number of hydrogen-bond donors (Lipinski definition) is 0. The molecule has 0 bridgehead atoms. The predicted molar refractivity (Wildman–Crippen MR) is 74.1 cm³/mol. The van der Waals surface area contributed by atoms with Crippen molar-refractivity contribution >= 4 is 18.2 Å². The van der Waals surface area contributed by atoms with Crippen molar-refractivity contribution in [3.8, 4) is 11.5 Å². The van der Waals surface area contributed by atoms with Crippen LogP contribution in [0.3, 0.4) is 0 Å². The van der Waals surface area contributed by atoms with E-state index in [0.717, 1.165) is 12.7 Å². The molecule has 0 unspecified atom stereocenters. The Bertz CT molecular complexity index is 562. The number of hydrogen-bond acceptors (Lipinski definition) is 4. The zero-order chi connectivity index (χ0) is 13.8. The number of aromatic nitrogens is 1. The molecule has 0 radical (unpaired) electrons. The highest BCUT2D eigenvalue weighted by molar-refractivity contribution is 7.85. The number of nitrogens with zero attached hydrogens (tertiary/aromatic N) is 1. The Morgan fingerprint density at radius 2 is 2.00 bits per heavy atom. The normalized spacial score (nSPS) is 11.8. The summed E-state index contributed by atoms with van der Waals surface area (Å²) in [6.45, 7) is 6.48. The lowest BCUT2D eigenvalue weighted by atomic mass is 10.3. The average Bonchev–Trinajstić information content (AvgIpc) is 2.27. The van der Waals surface area contributed by atoms with Crippen LogP contribution in [0.25, 0.3) is 0 Å². The SMILES string of the molecule is COS(=O)(=O)Cc1ccc(C#C[Si](C)(C)C)cn1. The Morgan fingerprint density at radius 1 is 1.33 bits per heavy atom. The standard InChI is InChI=1S/C12H17NO3SSi/c1-16-17(14,15)10-12-6-5-11(9-13-12)7-8-18(2,3)4/h5-6,9H,10H2,1-4H3. The van der Waals surface area contributed by atoms with Crippen molar-refractivity contribution in [2.45, 2.75) is 25.4 Å². The molecule has 0 spiro atoms. The van der Waals surface area contributed by atoms with Crippen molar-refractivity contribution in [3.05, 3.63) is 29.6 Å². The van der Waals surface area contributed by atoms with E-state index in [1.54, 1.807) is 18.3 Å². The van der Waals surface area contributed by atoms with Gasteiger partial charge in [0, 0.05) is 11.8 Å². The van der Waals surface area contributed by atoms with Crippen molar-refractivity contribution in [2.75, 3.05) is 7.11 Å². The lowest BCUT2D eigenvalue weighted by Crippen LogP contribution is -2.16. The van der Waals surface area contributed by atoms with E-state index in [4.69, 9.17) is 0 Å². The summed E-state index contributed by atoms with van der Waals surface area (Å²) in [5, 5.41) is 0. The van der Waals surface area contributed by atoms with E-state index in [1.165, 1.54) is 0 Å². The fourth-order valence-electron chi connectivity index (χ4n) is 1.08. The van der Waals surface area contributed by atoms with Crippen molar-refractivity contribution < 1.29 is 12.6 Å². The van der Waals surface area contributed by atoms with Gasteiger partial charge in [-0.3, -0.25) is 9.17 Å². The van der Waals surface area contributed by atoms with Gasteiger partial charge in [0.1, 0.15) is 13.8 Å². The summed E-state index contributed by atoms with van der Waals surface area (Å²) in [6, 6.07) is 3.44. The minimum Gasteiger partial charge on any atom is -0.273 e. The molecule has 0 atom stereocenters. The first kappa shape index (κ1) is 14.9. The van der Waals surface area contributed by atoms with Crippen LogP contribution in [0.2, 0.25) is 19.6 Å². The summed E-state index contributed by atoms with van der Waals surface area (Å²) in [5.74, 6) is 2.84. The van der Waals surface area contributed by atoms with Gasteiger partial charge < -0.3 is 0 Å². The summed E-state index contributed by atoms with van der Waals surface area (Å²) in [5.41, 5.74) is 4.48. The second kappa shape index (κ2) is 5.65. The van der Waals surface area contributed by atoms with Crippen LogP contribution in [-0.4, -0.2) is 28.6 Å². The van der Waals surface area contributed by atoms with Gasteiger partial charge in [-0.15, -0.1) is 5.54 Å². The summed E-state index contributed by atoms with van der Waals surface area (Å²) < 4.78 is 26.8. The van der Waals surface area contributed by atoms with Gasteiger partial charge in [0.2, 0.25) is 0 Å². The topological polar surface area (TPSA) is 56.3 Å². The van der Waals surface area contributed by atoms with E-state index in [2.05, 4.69) is 40.3 Å². The maximum atomic E-state index is 11.2. The van der Waals surface area contributed by atoms with Gasteiger partial charge in [-0.25, -0.2) is 0 Å². The number of rotatable bonds is 3. The van der Waals surface area contributed by atoms with Crippen LogP contribution in [0.4, 0.5) is 0 Å². The lowest BCUT2D eigenvalue weighted by Gasteiger charge is -2.03. The van der Waals surface area contributed by atoms with Gasteiger partial charge in [-0.1, -0.05) is 25.6 Å². The van der Waals surface area contributed by atoms with Crippen LogP contribution in [0.5, 0.6) is 0 Å². The molecule has 98 valence electrons. The highest BCUT2D eigenvalue weighted by Crippen LogP contribution is 2.06. The van der Waals surface area contributed by atoms with Gasteiger partial charge in [0.15, 0.2) is 0 Å². The van der Waals surface area contributed by atoms with Gasteiger partial charge in [0.25, 0.3) is 10.1 Å². The highest BCUT2D eigenvalue weighted by atomic mass is 32.2. The average molecular weight is 283 g/mol. The van der Waals surface area contributed by atoms with Gasteiger partial charge in [-0.05, 0) is 12.1 Å². The number of pyridine rings is 1. The Labute approximate surface area is 110 Å². The van der Waals surface area contributed by atoms with E-state index >= 15 is 0 Å². The first-order valence-corrected chi connectivity index (χ1v) is 10.6. The molecule has 0 fully saturated rings. The molecule has 0 N–H and O–H groups in total. The zero-order valence-corrected chi connectivity index (χ0v) is 12.8. The van der Waals surface area contributed by atoms with Crippen LogP contribution < -0.4 is 0 Å². The van der Waals surface area contributed by atoms with Crippen molar-refractivity contribution in [2.24, 2.45) is 0 Å². The summed E-state index contributed by atoms with van der Waals surface area (Å²) >= 11 is 0. The van der Waals surface area contributed by atoms with E-state index < -0.39 is 18.2 Å². The molecular weight excluding hydrogens is 266 g/mol. The van der Waals surface area contributed by atoms with Crippen molar-refractivity contribution in [1.29, 1.82) is 0 Å². The Balaban J connectivity index is 2.84. The molecular formula is C12H17NO3SSi. The quantitative estimate of drug-likeness (QED) is 0.482. The second-order valence-corrected chi connectivity index (χ2v) is 11.4. The minimum absolute atomic E-state index is 0.217. The van der Waals surface area contributed by atoms with E-state index in [0.29, 0.717) is 5.69 Å². The maximum Gasteiger partial charge on any atom is 0.272 e. The monoisotopic (exact) mass is 283 g/mol. The molecule has 4 nitrogen and oxygen atoms in total. The largest absolute Gasteiger partial charge is 0.273 e. The Kier molecular flexibility index (Phi) is 4.68. The second-order valence-electron chi connectivity index (χ2n) is 4.91. The Hall–Kier alpha value is -1.16. The van der Waals surface area contributed by atoms with E-state index in [9.17, 15) is 8.42 Å². The zero-order valence-electron chi connectivity index (χ0n) is 11.0. The molecule has 6 heteroatoms. The van der Waals surface area contributed by atoms with Gasteiger partial charge >= 0.3 is 0 Å². The van der Waals surface area contributed by atoms with Crippen LogP contribution in [0.15, 0.2) is 18.3 Å². The van der Waals surface area contributed by atoms with Crippen LogP contribution in [0.1, 0.15) is 11.3 Å². The predicted octanol–water partition coefficient (Wildman–Crippen LogP) is 1.79. The molecule has 1 aromatic rings. The molecule has 0 aliphatic carbocycles. The molecule has 0 aromatic carbocycles. The summed E-state index contributed by atoms with van der Waals surface area (Å²) in [6.07, 6.45) is 1.59. The molecule has 0 saturated carbocycles. The molecule has 0 aliphatic heterocycles. The Morgan fingerprint density at radius 3 is 2.44 bits per heavy atom. The van der Waals surface area contributed by atoms with Crippen LogP contribution in [-0.2, 0) is 20.1 Å². The minimum atomic E-state index is -3.51. The van der Waals surface area contributed by atoms with Crippen molar-refractivity contribution in [3.63, 3.8) is 0 Å². The molecule has 0 aliphatic rings. The smallest absolute Gasteiger partial charge is 0.272 e. The fourth-order valence-corrected chi connectivity index (χ4v) is 2.25. The van der Waals surface area contributed by atoms with E-state index in [-0.39, 0.29) is 5.75 Å². The summed E-state index contributed by atoms with van der Waals surface area (Å²) in [4.78, 5) is 4.07. The lowest BCUT2D eigenvalue weighted by molar-refractivity contribution is 0.396. The third-order valence-corrected chi connectivity index (χ3v) is 4.02. The molecule has 1 aromatic heterocycles. The van der Waals surface area contributed by atoms with Crippen molar-refractivity contribution in [1.82, 2.24) is 4.98 Å². The fraction of sp³-hybridized carbons (Fsp3) is 0.417. The maximum absolute atomic E-state index is 11.2. The van der Waals surface area contributed by atoms with Crippen LogP contribution in [0, 0.1) is 11.5 Å². The van der Waals surface area contributed by atoms with Gasteiger partial charge in [-0.2, -0.15) is 8.42 Å². The molecule has 0 saturated heterocycles. The van der Waals surface area contributed by atoms with Gasteiger partial charge in [0.05, 0.1) is 12.8 Å². The third-order valence-electron chi connectivity index (χ3n) is 1.99. The highest BCUT2D eigenvalue weighted by Gasteiger charge is 2.11. The van der Waals surface area contributed by atoms with Crippen LogP contribution >= 0.6 is 0 Å². The van der Waals surface area contributed by atoms with E-state index in [1.807, 2.05) is 0 Å². The molecule has 1 heterocycles. The first-order valence-electron chi connectivity index (χ1n) is 5.48. The molecule has 18 heavy (non-hydrogen) atoms. The summed E-state index contributed by atoms with van der Waals surface area (Å²) in [7, 11) is -3.77. The molecule has 1 rings (SSSR count). The molecule has 0 amide bonds. The third kappa shape index (κ3) is 5.45. The first-order chi connectivity index (χ1) is 8.22.